The second-order valence-electron chi connectivity index (χ2n) is 6.98. The Morgan fingerprint density at radius 3 is 2.29 bits per heavy atom. The average molecular weight is 378 g/mol. The Balaban J connectivity index is 1.70. The van der Waals surface area contributed by atoms with Gasteiger partial charge in [-0.05, 0) is 51.0 Å². The molecule has 0 saturated carbocycles. The van der Waals surface area contributed by atoms with Gasteiger partial charge in [0.2, 0.25) is 5.91 Å². The molecule has 144 valence electrons. The highest BCUT2D eigenvalue weighted by Gasteiger charge is 2.14. The minimum Gasteiger partial charge on any atom is -0.451 e. The van der Waals surface area contributed by atoms with Gasteiger partial charge in [-0.15, -0.1) is 0 Å². The lowest BCUT2D eigenvalue weighted by Crippen LogP contribution is -2.33. The van der Waals surface area contributed by atoms with Gasteiger partial charge in [0.25, 0.3) is 5.91 Å². The molecule has 6 nitrogen and oxygen atoms in total. The fourth-order valence-corrected chi connectivity index (χ4v) is 3.19. The van der Waals surface area contributed by atoms with E-state index in [-0.39, 0.29) is 23.6 Å². The summed E-state index contributed by atoms with van der Waals surface area (Å²) < 4.78 is 5.52. The molecule has 1 heterocycles. The van der Waals surface area contributed by atoms with Crippen molar-refractivity contribution >= 4 is 28.5 Å². The summed E-state index contributed by atoms with van der Waals surface area (Å²) in [5.74, 6) is -1.11. The molecule has 3 aromatic rings. The SMILES string of the molecule is Cc1cc(C)c(NC(=O)CNC(=O)c2cc(=O)c3cc(C)ccc3o2)c(C)c1. The van der Waals surface area contributed by atoms with Crippen LogP contribution in [0.5, 0.6) is 0 Å². The molecular weight excluding hydrogens is 356 g/mol. The highest BCUT2D eigenvalue weighted by molar-refractivity contribution is 5.99. The normalized spacial score (nSPS) is 10.7. The van der Waals surface area contributed by atoms with Crippen molar-refractivity contribution < 1.29 is 14.0 Å². The van der Waals surface area contributed by atoms with Gasteiger partial charge in [-0.2, -0.15) is 0 Å². The Morgan fingerprint density at radius 2 is 1.61 bits per heavy atom. The standard InChI is InChI=1S/C22H22N2O4/c1-12-5-6-18-16(9-12)17(25)10-19(28-18)22(27)23-11-20(26)24-21-14(3)7-13(2)8-15(21)4/h5-10H,11H2,1-4H3,(H,23,27)(H,24,26). The van der Waals surface area contributed by atoms with Crippen LogP contribution in [0.2, 0.25) is 0 Å². The van der Waals surface area contributed by atoms with Crippen LogP contribution in [0.3, 0.4) is 0 Å². The molecule has 0 aliphatic rings. The van der Waals surface area contributed by atoms with Crippen LogP contribution < -0.4 is 16.1 Å². The molecule has 0 bridgehead atoms. The van der Waals surface area contributed by atoms with Crippen LogP contribution in [0.1, 0.15) is 32.8 Å². The molecule has 28 heavy (non-hydrogen) atoms. The largest absolute Gasteiger partial charge is 0.451 e. The van der Waals surface area contributed by atoms with E-state index in [0.717, 1.165) is 34.0 Å². The monoisotopic (exact) mass is 378 g/mol. The van der Waals surface area contributed by atoms with Crippen LogP contribution in [-0.2, 0) is 4.79 Å². The number of aryl methyl sites for hydroxylation is 4. The molecule has 0 unspecified atom stereocenters. The molecule has 0 spiro atoms. The number of carbonyl (C=O) groups is 2. The quantitative estimate of drug-likeness (QED) is 0.728. The first-order chi connectivity index (χ1) is 13.2. The highest BCUT2D eigenvalue weighted by atomic mass is 16.3. The van der Waals surface area contributed by atoms with E-state index in [9.17, 15) is 14.4 Å². The summed E-state index contributed by atoms with van der Waals surface area (Å²) in [6, 6.07) is 10.3. The summed E-state index contributed by atoms with van der Waals surface area (Å²) in [6.07, 6.45) is 0. The van der Waals surface area contributed by atoms with Gasteiger partial charge in [0.15, 0.2) is 11.2 Å². The van der Waals surface area contributed by atoms with Crippen LogP contribution >= 0.6 is 0 Å². The minimum absolute atomic E-state index is 0.128. The number of amides is 2. The number of carbonyl (C=O) groups excluding carboxylic acids is 2. The van der Waals surface area contributed by atoms with Crippen molar-refractivity contribution in [1.82, 2.24) is 5.32 Å². The summed E-state index contributed by atoms with van der Waals surface area (Å²) in [5, 5.41) is 5.72. The lowest BCUT2D eigenvalue weighted by Gasteiger charge is -2.13. The van der Waals surface area contributed by atoms with Crippen molar-refractivity contribution in [2.24, 2.45) is 0 Å². The lowest BCUT2D eigenvalue weighted by molar-refractivity contribution is -0.115. The van der Waals surface area contributed by atoms with E-state index >= 15 is 0 Å². The number of anilines is 1. The van der Waals surface area contributed by atoms with Crippen molar-refractivity contribution in [1.29, 1.82) is 0 Å². The molecule has 0 fully saturated rings. The Morgan fingerprint density at radius 1 is 0.929 bits per heavy atom. The molecule has 1 aromatic heterocycles. The molecule has 0 radical (unpaired) electrons. The van der Waals surface area contributed by atoms with E-state index in [2.05, 4.69) is 10.6 Å². The van der Waals surface area contributed by atoms with Crippen LogP contribution in [0.4, 0.5) is 5.69 Å². The zero-order valence-electron chi connectivity index (χ0n) is 16.3. The van der Waals surface area contributed by atoms with Crippen LogP contribution in [0.15, 0.2) is 45.6 Å². The van der Waals surface area contributed by atoms with Gasteiger partial charge in [-0.3, -0.25) is 14.4 Å². The second-order valence-corrected chi connectivity index (χ2v) is 6.98. The third-order valence-electron chi connectivity index (χ3n) is 4.46. The predicted octanol–water partition coefficient (Wildman–Crippen LogP) is 3.40. The lowest BCUT2D eigenvalue weighted by atomic mass is 10.1. The molecule has 2 N–H and O–H groups in total. The molecule has 0 aliphatic carbocycles. The summed E-state index contributed by atoms with van der Waals surface area (Å²) in [6.45, 7) is 7.46. The Hall–Kier alpha value is -3.41. The van der Waals surface area contributed by atoms with Crippen molar-refractivity contribution in [3.63, 3.8) is 0 Å². The van der Waals surface area contributed by atoms with Crippen molar-refractivity contribution in [2.45, 2.75) is 27.7 Å². The van der Waals surface area contributed by atoms with Gasteiger partial charge in [-0.25, -0.2) is 0 Å². The van der Waals surface area contributed by atoms with E-state index in [1.54, 1.807) is 18.2 Å². The fraction of sp³-hybridized carbons (Fsp3) is 0.227. The van der Waals surface area contributed by atoms with Gasteiger partial charge in [0.1, 0.15) is 5.58 Å². The summed E-state index contributed by atoms with van der Waals surface area (Å²) in [7, 11) is 0. The van der Waals surface area contributed by atoms with E-state index in [4.69, 9.17) is 4.42 Å². The van der Waals surface area contributed by atoms with Crippen molar-refractivity contribution in [2.75, 3.05) is 11.9 Å². The van der Waals surface area contributed by atoms with E-state index < -0.39 is 5.91 Å². The number of fused-ring (bicyclic) bond motifs is 1. The molecular formula is C22H22N2O4. The maximum atomic E-state index is 12.3. The van der Waals surface area contributed by atoms with E-state index in [1.807, 2.05) is 39.8 Å². The van der Waals surface area contributed by atoms with E-state index in [0.29, 0.717) is 11.0 Å². The maximum absolute atomic E-state index is 12.3. The first kappa shape index (κ1) is 19.4. The minimum atomic E-state index is -0.618. The summed E-state index contributed by atoms with van der Waals surface area (Å²) >= 11 is 0. The third kappa shape index (κ3) is 4.11. The number of rotatable bonds is 4. The second kappa shape index (κ2) is 7.68. The number of nitrogens with one attached hydrogen (secondary N) is 2. The average Bonchev–Trinajstić information content (AvgIpc) is 2.63. The topological polar surface area (TPSA) is 88.4 Å². The fourth-order valence-electron chi connectivity index (χ4n) is 3.19. The number of hydrogen-bond acceptors (Lipinski definition) is 4. The Bertz CT molecular complexity index is 1120. The van der Waals surface area contributed by atoms with Gasteiger partial charge >= 0.3 is 0 Å². The molecule has 0 aliphatic heterocycles. The van der Waals surface area contributed by atoms with Crippen molar-refractivity contribution in [3.05, 3.63) is 74.6 Å². The van der Waals surface area contributed by atoms with Crippen LogP contribution in [0, 0.1) is 27.7 Å². The third-order valence-corrected chi connectivity index (χ3v) is 4.46. The predicted molar refractivity (Wildman–Crippen MR) is 109 cm³/mol. The molecule has 3 rings (SSSR count). The zero-order chi connectivity index (χ0) is 20.4. The van der Waals surface area contributed by atoms with Crippen LogP contribution in [-0.4, -0.2) is 18.4 Å². The Labute approximate surface area is 162 Å². The van der Waals surface area contributed by atoms with Crippen molar-refractivity contribution in [3.8, 4) is 0 Å². The highest BCUT2D eigenvalue weighted by Crippen LogP contribution is 2.21. The smallest absolute Gasteiger partial charge is 0.287 e. The van der Waals surface area contributed by atoms with Crippen LogP contribution in [0.25, 0.3) is 11.0 Å². The first-order valence-electron chi connectivity index (χ1n) is 8.95. The maximum Gasteiger partial charge on any atom is 0.287 e. The number of benzene rings is 2. The summed E-state index contributed by atoms with van der Waals surface area (Å²) in [4.78, 5) is 36.8. The van der Waals surface area contributed by atoms with Gasteiger partial charge in [0, 0.05) is 11.8 Å². The Kier molecular flexibility index (Phi) is 5.31. The zero-order valence-corrected chi connectivity index (χ0v) is 16.3. The molecule has 2 amide bonds. The summed E-state index contributed by atoms with van der Waals surface area (Å²) in [5.41, 5.74) is 4.71. The molecule has 2 aromatic carbocycles. The molecule has 0 atom stereocenters. The first-order valence-corrected chi connectivity index (χ1v) is 8.95. The molecule has 6 heteroatoms. The van der Waals surface area contributed by atoms with Gasteiger partial charge < -0.3 is 15.1 Å². The molecule has 0 saturated heterocycles. The number of hydrogen-bond donors (Lipinski definition) is 2. The van der Waals surface area contributed by atoms with Gasteiger partial charge in [0.05, 0.1) is 11.9 Å². The van der Waals surface area contributed by atoms with E-state index in [1.165, 1.54) is 0 Å². The van der Waals surface area contributed by atoms with Gasteiger partial charge in [-0.1, -0.05) is 29.3 Å².